The van der Waals surface area contributed by atoms with E-state index in [1.165, 1.54) is 0 Å². The van der Waals surface area contributed by atoms with Gasteiger partial charge in [-0.1, -0.05) is 6.92 Å². The molecule has 0 saturated heterocycles. The molecule has 0 heterocycles. The monoisotopic (exact) mass is 318 g/mol. The van der Waals surface area contributed by atoms with Gasteiger partial charge in [-0.3, -0.25) is 19.2 Å². The number of hydrogen-bond donors (Lipinski definition) is 2. The molecule has 0 spiro atoms. The molecule has 0 aliphatic carbocycles. The summed E-state index contributed by atoms with van der Waals surface area (Å²) in [4.78, 5) is 43.6. The van der Waals surface area contributed by atoms with Crippen LogP contribution in [0, 0.1) is 0 Å². The lowest BCUT2D eigenvalue weighted by atomic mass is 10.2. The number of unbranched alkanes of at least 4 members (excludes halogenated alkanes) is 1. The largest absolute Gasteiger partial charge is 0.481 e. The predicted molar refractivity (Wildman–Crippen MR) is 73.9 cm³/mol. The van der Waals surface area contributed by atoms with Gasteiger partial charge in [-0.2, -0.15) is 0 Å². The maximum atomic E-state index is 11.6. The Labute approximate surface area is 128 Å². The van der Waals surface area contributed by atoms with Crippen LogP contribution in [0.25, 0.3) is 0 Å². The van der Waals surface area contributed by atoms with Gasteiger partial charge in [0.25, 0.3) is 0 Å². The van der Waals surface area contributed by atoms with Crippen LogP contribution in [0.5, 0.6) is 0 Å². The fourth-order valence-electron chi connectivity index (χ4n) is 1.54. The first-order valence-corrected chi connectivity index (χ1v) is 7.17. The summed E-state index contributed by atoms with van der Waals surface area (Å²) in [5.41, 5.74) is 0. The summed E-state index contributed by atoms with van der Waals surface area (Å²) in [6.07, 6.45) is 0.0297. The van der Waals surface area contributed by atoms with Crippen molar-refractivity contribution >= 4 is 23.9 Å². The smallest absolute Gasteiger partial charge is 0.309 e. The van der Waals surface area contributed by atoms with Crippen molar-refractivity contribution < 1.29 is 38.9 Å². The molecule has 0 rings (SSSR count). The van der Waals surface area contributed by atoms with Gasteiger partial charge in [-0.25, -0.2) is 0 Å². The molecule has 0 aliphatic rings. The molecule has 22 heavy (non-hydrogen) atoms. The molecule has 1 atom stereocenters. The van der Waals surface area contributed by atoms with Crippen molar-refractivity contribution in [3.05, 3.63) is 0 Å². The van der Waals surface area contributed by atoms with Crippen LogP contribution >= 0.6 is 0 Å². The van der Waals surface area contributed by atoms with E-state index in [4.69, 9.17) is 19.7 Å². The molecule has 0 aromatic carbocycles. The Morgan fingerprint density at radius 3 is 1.82 bits per heavy atom. The molecule has 0 saturated carbocycles. The van der Waals surface area contributed by atoms with Gasteiger partial charge in [0, 0.05) is 19.3 Å². The standard InChI is InChI=1S/C14H22O8/c1-2-5-14(22-13(20)9-8-11(17)18)21-12(19)7-4-3-6-10(15)16/h14H,2-9H2,1H3,(H,15,16)(H,17,18). The van der Waals surface area contributed by atoms with E-state index in [0.29, 0.717) is 25.7 Å². The lowest BCUT2D eigenvalue weighted by molar-refractivity contribution is -0.189. The van der Waals surface area contributed by atoms with Gasteiger partial charge in [0.2, 0.25) is 6.29 Å². The lowest BCUT2D eigenvalue weighted by Crippen LogP contribution is -2.24. The van der Waals surface area contributed by atoms with E-state index in [2.05, 4.69) is 0 Å². The number of rotatable bonds is 12. The van der Waals surface area contributed by atoms with Crippen LogP contribution in [0.2, 0.25) is 0 Å². The average Bonchev–Trinajstić information content (AvgIpc) is 2.41. The highest BCUT2D eigenvalue weighted by molar-refractivity contribution is 5.76. The number of esters is 2. The minimum absolute atomic E-state index is 0.0180. The maximum Gasteiger partial charge on any atom is 0.309 e. The van der Waals surface area contributed by atoms with E-state index in [1.54, 1.807) is 0 Å². The molecule has 2 N–H and O–H groups in total. The van der Waals surface area contributed by atoms with E-state index in [0.717, 1.165) is 0 Å². The van der Waals surface area contributed by atoms with Gasteiger partial charge in [0.05, 0.1) is 12.8 Å². The number of carbonyl (C=O) groups excluding carboxylic acids is 2. The Kier molecular flexibility index (Phi) is 10.4. The van der Waals surface area contributed by atoms with Gasteiger partial charge in [-0.15, -0.1) is 0 Å². The Bertz CT molecular complexity index is 390. The van der Waals surface area contributed by atoms with Gasteiger partial charge < -0.3 is 19.7 Å². The number of aliphatic carboxylic acids is 2. The highest BCUT2D eigenvalue weighted by Gasteiger charge is 2.18. The molecule has 0 bridgehead atoms. The van der Waals surface area contributed by atoms with Crippen molar-refractivity contribution in [1.29, 1.82) is 0 Å². The second-order valence-corrected chi connectivity index (χ2v) is 4.69. The third kappa shape index (κ3) is 11.7. The van der Waals surface area contributed by atoms with Crippen molar-refractivity contribution in [3.63, 3.8) is 0 Å². The van der Waals surface area contributed by atoms with E-state index >= 15 is 0 Å². The van der Waals surface area contributed by atoms with Crippen LogP contribution in [-0.4, -0.2) is 40.4 Å². The molecule has 1 unspecified atom stereocenters. The molecule has 0 aromatic rings. The average molecular weight is 318 g/mol. The van der Waals surface area contributed by atoms with Crippen LogP contribution < -0.4 is 0 Å². The summed E-state index contributed by atoms with van der Waals surface area (Å²) in [6, 6.07) is 0. The summed E-state index contributed by atoms with van der Waals surface area (Å²) < 4.78 is 9.92. The fraction of sp³-hybridized carbons (Fsp3) is 0.714. The molecular formula is C14H22O8. The van der Waals surface area contributed by atoms with Crippen LogP contribution in [0.15, 0.2) is 0 Å². The summed E-state index contributed by atoms with van der Waals surface area (Å²) >= 11 is 0. The van der Waals surface area contributed by atoms with Gasteiger partial charge in [0.1, 0.15) is 0 Å². The van der Waals surface area contributed by atoms with Crippen LogP contribution in [-0.2, 0) is 28.7 Å². The Morgan fingerprint density at radius 1 is 0.818 bits per heavy atom. The summed E-state index contributed by atoms with van der Waals surface area (Å²) in [6.45, 7) is 1.82. The molecule has 0 amide bonds. The minimum Gasteiger partial charge on any atom is -0.481 e. The summed E-state index contributed by atoms with van der Waals surface area (Å²) in [5.74, 6) is -3.35. The molecule has 0 aromatic heterocycles. The highest BCUT2D eigenvalue weighted by Crippen LogP contribution is 2.10. The van der Waals surface area contributed by atoms with Crippen molar-refractivity contribution in [2.24, 2.45) is 0 Å². The minimum atomic E-state index is -1.11. The second kappa shape index (κ2) is 11.5. The van der Waals surface area contributed by atoms with Crippen molar-refractivity contribution in [2.45, 2.75) is 64.6 Å². The quantitative estimate of drug-likeness (QED) is 0.316. The van der Waals surface area contributed by atoms with E-state index in [1.807, 2.05) is 6.92 Å². The molecule has 8 nitrogen and oxygen atoms in total. The van der Waals surface area contributed by atoms with Crippen molar-refractivity contribution in [1.82, 2.24) is 0 Å². The van der Waals surface area contributed by atoms with Crippen molar-refractivity contribution in [3.8, 4) is 0 Å². The molecule has 0 aliphatic heterocycles. The van der Waals surface area contributed by atoms with E-state index in [-0.39, 0.29) is 25.7 Å². The normalized spacial score (nSPS) is 11.5. The lowest BCUT2D eigenvalue weighted by Gasteiger charge is -2.17. The van der Waals surface area contributed by atoms with Crippen LogP contribution in [0.3, 0.4) is 0 Å². The number of ether oxygens (including phenoxy) is 2. The Hall–Kier alpha value is -2.12. The number of hydrogen-bond acceptors (Lipinski definition) is 6. The van der Waals surface area contributed by atoms with Gasteiger partial charge >= 0.3 is 23.9 Å². The number of carboxylic acids is 2. The second-order valence-electron chi connectivity index (χ2n) is 4.69. The fourth-order valence-corrected chi connectivity index (χ4v) is 1.54. The zero-order valence-electron chi connectivity index (χ0n) is 12.6. The van der Waals surface area contributed by atoms with E-state index in [9.17, 15) is 19.2 Å². The summed E-state index contributed by atoms with van der Waals surface area (Å²) in [7, 11) is 0. The first kappa shape index (κ1) is 19.9. The third-order valence-electron chi connectivity index (χ3n) is 2.61. The zero-order valence-corrected chi connectivity index (χ0v) is 12.6. The predicted octanol–water partition coefficient (Wildman–Crippen LogP) is 1.71. The van der Waals surface area contributed by atoms with Crippen molar-refractivity contribution in [2.75, 3.05) is 0 Å². The molecule has 126 valence electrons. The zero-order chi connectivity index (χ0) is 17.0. The Morgan fingerprint density at radius 2 is 1.32 bits per heavy atom. The topological polar surface area (TPSA) is 127 Å². The third-order valence-corrected chi connectivity index (χ3v) is 2.61. The highest BCUT2D eigenvalue weighted by atomic mass is 16.7. The summed E-state index contributed by atoms with van der Waals surface area (Å²) in [5, 5.41) is 16.9. The van der Waals surface area contributed by atoms with Crippen LogP contribution in [0.4, 0.5) is 0 Å². The van der Waals surface area contributed by atoms with Crippen LogP contribution in [0.1, 0.15) is 58.3 Å². The van der Waals surface area contributed by atoms with E-state index < -0.39 is 30.2 Å². The van der Waals surface area contributed by atoms with Gasteiger partial charge in [0.15, 0.2) is 0 Å². The first-order chi connectivity index (χ1) is 10.3. The number of carbonyl (C=O) groups is 4. The molecule has 0 radical (unpaired) electrons. The first-order valence-electron chi connectivity index (χ1n) is 7.17. The molecule has 8 heteroatoms. The maximum absolute atomic E-state index is 11.6. The number of carboxylic acid groups (broad SMARTS) is 2. The molecular weight excluding hydrogens is 296 g/mol. The Balaban J connectivity index is 4.10. The SMILES string of the molecule is CCCC(OC(=O)CCCCC(=O)O)OC(=O)CCC(=O)O. The molecule has 0 fully saturated rings. The van der Waals surface area contributed by atoms with Gasteiger partial charge in [-0.05, 0) is 19.3 Å².